The summed E-state index contributed by atoms with van der Waals surface area (Å²) in [5, 5.41) is 0.662. The number of ether oxygens (including phenoxy) is 1. The number of halogens is 1. The van der Waals surface area contributed by atoms with Gasteiger partial charge in [-0.3, -0.25) is 0 Å². The molecule has 0 saturated carbocycles. The van der Waals surface area contributed by atoms with Crippen molar-refractivity contribution in [1.82, 2.24) is 0 Å². The number of hydrogen-bond donors (Lipinski definition) is 1. The maximum Gasteiger partial charge on any atom is 0.338 e. The second-order valence-corrected chi connectivity index (χ2v) is 4.70. The highest BCUT2D eigenvalue weighted by Crippen LogP contribution is 2.12. The van der Waals surface area contributed by atoms with Crippen molar-refractivity contribution in [2.24, 2.45) is 0 Å². The molecule has 0 aliphatic heterocycles. The van der Waals surface area contributed by atoms with Crippen LogP contribution in [0.25, 0.3) is 0 Å². The van der Waals surface area contributed by atoms with E-state index >= 15 is 0 Å². The van der Waals surface area contributed by atoms with E-state index in [1.807, 2.05) is 12.1 Å². The van der Waals surface area contributed by atoms with Crippen molar-refractivity contribution in [3.8, 4) is 0 Å². The molecule has 18 heavy (non-hydrogen) atoms. The zero-order valence-corrected chi connectivity index (χ0v) is 11.1. The Morgan fingerprint density at radius 3 is 2.28 bits per heavy atom. The third kappa shape index (κ3) is 3.52. The van der Waals surface area contributed by atoms with E-state index in [1.165, 1.54) is 0 Å². The van der Waals surface area contributed by atoms with Gasteiger partial charge in [-0.25, -0.2) is 4.79 Å². The van der Waals surface area contributed by atoms with E-state index in [-0.39, 0.29) is 12.6 Å². The van der Waals surface area contributed by atoms with Gasteiger partial charge in [0.05, 0.1) is 5.56 Å². The topological polar surface area (TPSA) is 26.3 Å². The normalized spacial score (nSPS) is 10.1. The summed E-state index contributed by atoms with van der Waals surface area (Å²) in [5.74, 6) is -0.349. The van der Waals surface area contributed by atoms with Gasteiger partial charge in [0, 0.05) is 9.92 Å². The number of thiol groups is 1. The molecule has 0 bridgehead atoms. The fourth-order valence-electron chi connectivity index (χ4n) is 1.41. The molecule has 0 N–H and O–H groups in total. The molecule has 2 aromatic rings. The average molecular weight is 279 g/mol. The Labute approximate surface area is 116 Å². The summed E-state index contributed by atoms with van der Waals surface area (Å²) < 4.78 is 5.19. The molecule has 0 spiro atoms. The van der Waals surface area contributed by atoms with Crippen LogP contribution in [0.15, 0.2) is 53.4 Å². The summed E-state index contributed by atoms with van der Waals surface area (Å²) in [6, 6.07) is 14.1. The Balaban J connectivity index is 1.96. The lowest BCUT2D eigenvalue weighted by atomic mass is 10.2. The van der Waals surface area contributed by atoms with E-state index in [1.54, 1.807) is 36.4 Å². The summed E-state index contributed by atoms with van der Waals surface area (Å²) in [6.45, 7) is 0.235. The summed E-state index contributed by atoms with van der Waals surface area (Å²) in [6.07, 6.45) is 0. The SMILES string of the molecule is O=C(OCc1ccc(Cl)cc1)c1ccc(S)cc1. The Kier molecular flexibility index (Phi) is 4.28. The molecule has 0 atom stereocenters. The van der Waals surface area contributed by atoms with Crippen molar-refractivity contribution in [2.75, 3.05) is 0 Å². The molecule has 2 aromatic carbocycles. The van der Waals surface area contributed by atoms with Gasteiger partial charge in [-0.15, -0.1) is 12.6 Å². The van der Waals surface area contributed by atoms with Crippen molar-refractivity contribution in [3.63, 3.8) is 0 Å². The second kappa shape index (κ2) is 5.94. The van der Waals surface area contributed by atoms with E-state index in [2.05, 4.69) is 12.6 Å². The van der Waals surface area contributed by atoms with E-state index in [0.29, 0.717) is 10.6 Å². The van der Waals surface area contributed by atoms with Gasteiger partial charge < -0.3 is 4.74 Å². The molecular weight excluding hydrogens is 268 g/mol. The average Bonchev–Trinajstić information content (AvgIpc) is 2.38. The number of rotatable bonds is 3. The monoisotopic (exact) mass is 278 g/mol. The third-order valence-corrected chi connectivity index (χ3v) is 2.94. The van der Waals surface area contributed by atoms with Crippen LogP contribution in [0, 0.1) is 0 Å². The maximum atomic E-state index is 11.7. The summed E-state index contributed by atoms with van der Waals surface area (Å²) in [4.78, 5) is 12.5. The molecule has 0 heterocycles. The van der Waals surface area contributed by atoms with E-state index in [9.17, 15) is 4.79 Å². The third-order valence-electron chi connectivity index (χ3n) is 2.39. The largest absolute Gasteiger partial charge is 0.457 e. The number of carbonyl (C=O) groups is 1. The molecule has 2 nitrogen and oxygen atoms in total. The van der Waals surface area contributed by atoms with Crippen LogP contribution in [0.1, 0.15) is 15.9 Å². The minimum atomic E-state index is -0.349. The first kappa shape index (κ1) is 13.0. The molecule has 92 valence electrons. The molecule has 0 saturated heterocycles. The molecule has 0 aromatic heterocycles. The zero-order valence-electron chi connectivity index (χ0n) is 9.47. The summed E-state index contributed by atoms with van der Waals surface area (Å²) >= 11 is 9.92. The highest BCUT2D eigenvalue weighted by molar-refractivity contribution is 7.80. The predicted octanol–water partition coefficient (Wildman–Crippen LogP) is 3.99. The quantitative estimate of drug-likeness (QED) is 0.679. The van der Waals surface area contributed by atoms with Gasteiger partial charge >= 0.3 is 5.97 Å². The number of esters is 1. The van der Waals surface area contributed by atoms with Crippen molar-refractivity contribution < 1.29 is 9.53 Å². The Morgan fingerprint density at radius 2 is 1.67 bits per heavy atom. The first-order valence-electron chi connectivity index (χ1n) is 5.36. The molecule has 0 amide bonds. The number of benzene rings is 2. The van der Waals surface area contributed by atoms with Crippen LogP contribution in [0.2, 0.25) is 5.02 Å². The fourth-order valence-corrected chi connectivity index (χ4v) is 1.69. The number of hydrogen-bond acceptors (Lipinski definition) is 3. The molecule has 0 radical (unpaired) electrons. The van der Waals surface area contributed by atoms with E-state index in [4.69, 9.17) is 16.3 Å². The molecular formula is C14H11ClO2S. The van der Waals surface area contributed by atoms with Crippen LogP contribution in [-0.4, -0.2) is 5.97 Å². The predicted molar refractivity (Wildman–Crippen MR) is 74.3 cm³/mol. The first-order chi connectivity index (χ1) is 8.65. The van der Waals surface area contributed by atoms with Gasteiger partial charge in [0.2, 0.25) is 0 Å². The van der Waals surface area contributed by atoms with Crippen molar-refractivity contribution in [1.29, 1.82) is 0 Å². The smallest absolute Gasteiger partial charge is 0.338 e. The molecule has 0 unspecified atom stereocenters. The van der Waals surface area contributed by atoms with E-state index < -0.39 is 0 Å². The van der Waals surface area contributed by atoms with Crippen LogP contribution < -0.4 is 0 Å². The van der Waals surface area contributed by atoms with Crippen LogP contribution >= 0.6 is 24.2 Å². The summed E-state index contributed by atoms with van der Waals surface area (Å²) in [5.41, 5.74) is 1.42. The van der Waals surface area contributed by atoms with Gasteiger partial charge in [-0.05, 0) is 42.0 Å². The van der Waals surface area contributed by atoms with Crippen molar-refractivity contribution in [2.45, 2.75) is 11.5 Å². The molecule has 0 aliphatic carbocycles. The zero-order chi connectivity index (χ0) is 13.0. The minimum Gasteiger partial charge on any atom is -0.457 e. The van der Waals surface area contributed by atoms with E-state index in [0.717, 1.165) is 10.5 Å². The van der Waals surface area contributed by atoms with Crippen molar-refractivity contribution >= 4 is 30.2 Å². The standard InChI is InChI=1S/C14H11ClO2S/c15-12-5-1-10(2-6-12)9-17-14(16)11-3-7-13(18)8-4-11/h1-8,18H,9H2. The van der Waals surface area contributed by atoms with Crippen LogP contribution in [0.4, 0.5) is 0 Å². The lowest BCUT2D eigenvalue weighted by Crippen LogP contribution is -2.04. The molecule has 0 aliphatic rings. The Morgan fingerprint density at radius 1 is 1.06 bits per heavy atom. The minimum absolute atomic E-state index is 0.235. The lowest BCUT2D eigenvalue weighted by molar-refractivity contribution is 0.0472. The van der Waals surface area contributed by atoms with Crippen molar-refractivity contribution in [3.05, 3.63) is 64.7 Å². The number of carbonyl (C=O) groups excluding carboxylic acids is 1. The molecule has 4 heteroatoms. The molecule has 0 fully saturated rings. The van der Waals surface area contributed by atoms with Gasteiger partial charge in [-0.1, -0.05) is 23.7 Å². The van der Waals surface area contributed by atoms with Gasteiger partial charge in [0.25, 0.3) is 0 Å². The Hall–Kier alpha value is -1.45. The molecule has 2 rings (SSSR count). The highest BCUT2D eigenvalue weighted by atomic mass is 35.5. The van der Waals surface area contributed by atoms with Gasteiger partial charge in [0.15, 0.2) is 0 Å². The highest BCUT2D eigenvalue weighted by Gasteiger charge is 2.06. The van der Waals surface area contributed by atoms with Crippen LogP contribution in [0.3, 0.4) is 0 Å². The van der Waals surface area contributed by atoms with Gasteiger partial charge in [-0.2, -0.15) is 0 Å². The maximum absolute atomic E-state index is 11.7. The first-order valence-corrected chi connectivity index (χ1v) is 6.18. The Bertz CT molecular complexity index is 535. The second-order valence-electron chi connectivity index (χ2n) is 3.75. The van der Waals surface area contributed by atoms with Gasteiger partial charge in [0.1, 0.15) is 6.61 Å². The fraction of sp³-hybridized carbons (Fsp3) is 0.0714. The summed E-state index contributed by atoms with van der Waals surface area (Å²) in [7, 11) is 0. The lowest BCUT2D eigenvalue weighted by Gasteiger charge is -2.05. The van der Waals surface area contributed by atoms with Crippen LogP contribution in [-0.2, 0) is 11.3 Å². The van der Waals surface area contributed by atoms with Crippen LogP contribution in [0.5, 0.6) is 0 Å².